The molecule has 0 bridgehead atoms. The molecule has 1 fully saturated rings. The van der Waals surface area contributed by atoms with Gasteiger partial charge in [-0.3, -0.25) is 9.78 Å². The number of aromatic nitrogens is 5. The fraction of sp³-hybridized carbons (Fsp3) is 0.533. The zero-order valence-corrected chi connectivity index (χ0v) is 13.8. The average molecular weight is 331 g/mol. The summed E-state index contributed by atoms with van der Waals surface area (Å²) in [6.45, 7) is 4.73. The number of nitrogens with zero attached hydrogens (tertiary/aromatic N) is 6. The molecule has 0 saturated carbocycles. The van der Waals surface area contributed by atoms with Crippen LogP contribution >= 0.6 is 0 Å². The van der Waals surface area contributed by atoms with Crippen molar-refractivity contribution < 1.29 is 9.90 Å². The summed E-state index contributed by atoms with van der Waals surface area (Å²) in [6, 6.07) is 0. The number of rotatable bonds is 5. The van der Waals surface area contributed by atoms with Crippen LogP contribution in [0.25, 0.3) is 0 Å². The van der Waals surface area contributed by atoms with E-state index in [9.17, 15) is 9.90 Å². The molecule has 0 unspecified atom stereocenters. The van der Waals surface area contributed by atoms with Gasteiger partial charge in [0.1, 0.15) is 29.6 Å². The molecule has 1 amide bonds. The second-order valence-electron chi connectivity index (χ2n) is 6.54. The first kappa shape index (κ1) is 16.3. The third kappa shape index (κ3) is 3.21. The fourth-order valence-corrected chi connectivity index (χ4v) is 2.71. The molecule has 9 heteroatoms. The van der Waals surface area contributed by atoms with Crippen molar-refractivity contribution in [2.45, 2.75) is 31.4 Å². The van der Waals surface area contributed by atoms with Crippen molar-refractivity contribution in [3.05, 3.63) is 31.2 Å². The molecular formula is C15H21N7O2. The minimum absolute atomic E-state index is 0.167. The smallest absolute Gasteiger partial charge is 0.247 e. The van der Waals surface area contributed by atoms with Crippen LogP contribution in [-0.4, -0.2) is 61.0 Å². The molecule has 0 aliphatic carbocycles. The Kier molecular flexibility index (Phi) is 4.18. The molecule has 1 aliphatic rings. The van der Waals surface area contributed by atoms with Gasteiger partial charge in [0.2, 0.25) is 5.91 Å². The lowest BCUT2D eigenvalue weighted by molar-refractivity contribution is -0.130. The number of carbonyl (C=O) groups excluding carboxylic acids is 1. The highest BCUT2D eigenvalue weighted by molar-refractivity contribution is 5.83. The highest BCUT2D eigenvalue weighted by atomic mass is 16.3. The first-order valence-electron chi connectivity index (χ1n) is 7.77. The molecule has 3 rings (SSSR count). The average Bonchev–Trinajstić information content (AvgIpc) is 3.24. The maximum Gasteiger partial charge on any atom is 0.247 e. The standard InChI is InChI=1S/C15H21N7O2/c1-14(2,22-11-17-10-20-22)13(23)19-8-15(24)3-6-21(9-15)12-7-16-4-5-18-12/h4-5,7,10-11,24H,3,6,8-9H2,1-2H3,(H,19,23)/t15-/m1/s1. The van der Waals surface area contributed by atoms with Crippen molar-refractivity contribution in [3.8, 4) is 0 Å². The Bertz CT molecular complexity index is 689. The van der Waals surface area contributed by atoms with Crippen LogP contribution in [0.1, 0.15) is 20.3 Å². The molecule has 3 heterocycles. The van der Waals surface area contributed by atoms with Crippen molar-refractivity contribution in [1.29, 1.82) is 0 Å². The van der Waals surface area contributed by atoms with Crippen molar-refractivity contribution in [2.24, 2.45) is 0 Å². The molecule has 1 atom stereocenters. The predicted molar refractivity (Wildman–Crippen MR) is 86.2 cm³/mol. The van der Waals surface area contributed by atoms with E-state index in [2.05, 4.69) is 25.4 Å². The van der Waals surface area contributed by atoms with Gasteiger partial charge < -0.3 is 15.3 Å². The molecule has 9 nitrogen and oxygen atoms in total. The summed E-state index contributed by atoms with van der Waals surface area (Å²) in [7, 11) is 0. The van der Waals surface area contributed by atoms with Crippen molar-refractivity contribution in [1.82, 2.24) is 30.0 Å². The normalized spacial score (nSPS) is 21.0. The molecule has 2 aromatic rings. The maximum absolute atomic E-state index is 12.5. The van der Waals surface area contributed by atoms with E-state index in [-0.39, 0.29) is 12.5 Å². The van der Waals surface area contributed by atoms with Crippen LogP contribution in [0.4, 0.5) is 5.82 Å². The quantitative estimate of drug-likeness (QED) is 0.764. The number of carbonyl (C=O) groups is 1. The van der Waals surface area contributed by atoms with Crippen LogP contribution in [0, 0.1) is 0 Å². The predicted octanol–water partition coefficient (Wildman–Crippen LogP) is -0.439. The molecule has 0 aromatic carbocycles. The Hall–Kier alpha value is -2.55. The molecule has 128 valence electrons. The van der Waals surface area contributed by atoms with E-state index in [1.54, 1.807) is 32.4 Å². The Labute approximate surface area is 139 Å². The molecule has 0 spiro atoms. The van der Waals surface area contributed by atoms with Crippen molar-refractivity contribution in [3.63, 3.8) is 0 Å². The van der Waals surface area contributed by atoms with E-state index in [1.807, 2.05) is 4.90 Å². The second kappa shape index (κ2) is 6.16. The van der Waals surface area contributed by atoms with Gasteiger partial charge in [-0.2, -0.15) is 5.10 Å². The second-order valence-corrected chi connectivity index (χ2v) is 6.54. The number of β-amino-alcohol motifs (C(OH)–C–C–N with tert-alkyl or cyclic N) is 1. The molecule has 1 saturated heterocycles. The minimum Gasteiger partial charge on any atom is -0.386 e. The first-order chi connectivity index (χ1) is 11.4. The highest BCUT2D eigenvalue weighted by Gasteiger charge is 2.39. The van der Waals surface area contributed by atoms with Gasteiger partial charge in [-0.05, 0) is 20.3 Å². The van der Waals surface area contributed by atoms with Crippen molar-refractivity contribution >= 4 is 11.7 Å². The fourth-order valence-electron chi connectivity index (χ4n) is 2.71. The van der Waals surface area contributed by atoms with Gasteiger partial charge in [0.05, 0.1) is 6.20 Å². The Morgan fingerprint density at radius 1 is 1.42 bits per heavy atom. The lowest BCUT2D eigenvalue weighted by atomic mass is 10.0. The van der Waals surface area contributed by atoms with E-state index >= 15 is 0 Å². The van der Waals surface area contributed by atoms with E-state index in [0.717, 1.165) is 5.82 Å². The molecule has 24 heavy (non-hydrogen) atoms. The number of anilines is 1. The summed E-state index contributed by atoms with van der Waals surface area (Å²) in [5.41, 5.74) is -1.87. The molecular weight excluding hydrogens is 310 g/mol. The zero-order valence-electron chi connectivity index (χ0n) is 13.8. The van der Waals surface area contributed by atoms with Gasteiger partial charge >= 0.3 is 0 Å². The number of nitrogens with one attached hydrogen (secondary N) is 1. The lowest BCUT2D eigenvalue weighted by Gasteiger charge is -2.28. The Balaban J connectivity index is 1.59. The largest absolute Gasteiger partial charge is 0.386 e. The van der Waals surface area contributed by atoms with E-state index in [0.29, 0.717) is 19.5 Å². The van der Waals surface area contributed by atoms with Gasteiger partial charge in [-0.25, -0.2) is 14.6 Å². The summed E-state index contributed by atoms with van der Waals surface area (Å²) in [4.78, 5) is 26.6. The Morgan fingerprint density at radius 3 is 2.92 bits per heavy atom. The van der Waals surface area contributed by atoms with Crippen LogP contribution in [0.3, 0.4) is 0 Å². The van der Waals surface area contributed by atoms with Crippen LogP contribution < -0.4 is 10.2 Å². The molecule has 2 N–H and O–H groups in total. The zero-order chi connectivity index (χ0) is 17.2. The number of aliphatic hydroxyl groups is 1. The van der Waals surface area contributed by atoms with Crippen LogP contribution in [0.15, 0.2) is 31.2 Å². The van der Waals surface area contributed by atoms with Crippen LogP contribution in [-0.2, 0) is 10.3 Å². The summed E-state index contributed by atoms with van der Waals surface area (Å²) in [5, 5.41) is 17.6. The Morgan fingerprint density at radius 2 is 2.25 bits per heavy atom. The first-order valence-corrected chi connectivity index (χ1v) is 7.77. The van der Waals surface area contributed by atoms with Gasteiger partial charge in [0.15, 0.2) is 0 Å². The SMILES string of the molecule is CC(C)(C(=O)NC[C@]1(O)CCN(c2cnccn2)C1)n1cncn1. The number of hydrogen-bond donors (Lipinski definition) is 2. The third-order valence-corrected chi connectivity index (χ3v) is 4.33. The summed E-state index contributed by atoms with van der Waals surface area (Å²) < 4.78 is 1.49. The third-order valence-electron chi connectivity index (χ3n) is 4.33. The van der Waals surface area contributed by atoms with Gasteiger partial charge in [-0.1, -0.05) is 0 Å². The molecule has 2 aromatic heterocycles. The minimum atomic E-state index is -0.994. The van der Waals surface area contributed by atoms with Crippen LogP contribution in [0.5, 0.6) is 0 Å². The van der Waals surface area contributed by atoms with E-state index in [1.165, 1.54) is 17.3 Å². The van der Waals surface area contributed by atoms with Gasteiger partial charge in [-0.15, -0.1) is 0 Å². The van der Waals surface area contributed by atoms with Gasteiger partial charge in [0.25, 0.3) is 0 Å². The maximum atomic E-state index is 12.5. The van der Waals surface area contributed by atoms with E-state index in [4.69, 9.17) is 0 Å². The van der Waals surface area contributed by atoms with Gasteiger partial charge in [0, 0.05) is 32.0 Å². The summed E-state index contributed by atoms with van der Waals surface area (Å²) in [6.07, 6.45) is 8.33. The monoisotopic (exact) mass is 331 g/mol. The lowest BCUT2D eigenvalue weighted by Crippen LogP contribution is -2.51. The topological polar surface area (TPSA) is 109 Å². The van der Waals surface area contributed by atoms with Crippen molar-refractivity contribution in [2.75, 3.05) is 24.5 Å². The summed E-state index contributed by atoms with van der Waals surface area (Å²) >= 11 is 0. The summed E-state index contributed by atoms with van der Waals surface area (Å²) in [5.74, 6) is 0.502. The van der Waals surface area contributed by atoms with E-state index < -0.39 is 11.1 Å². The number of amides is 1. The molecule has 1 aliphatic heterocycles. The van der Waals surface area contributed by atoms with Crippen LogP contribution in [0.2, 0.25) is 0 Å². The number of hydrogen-bond acceptors (Lipinski definition) is 7. The molecule has 0 radical (unpaired) electrons. The highest BCUT2D eigenvalue weighted by Crippen LogP contribution is 2.24.